The van der Waals surface area contributed by atoms with Crippen molar-refractivity contribution in [3.05, 3.63) is 83.9 Å². The quantitative estimate of drug-likeness (QED) is 0.318. The molecule has 1 unspecified atom stereocenters. The normalized spacial score (nSPS) is 12.8. The van der Waals surface area contributed by atoms with Crippen molar-refractivity contribution in [2.45, 2.75) is 20.5 Å². The summed E-state index contributed by atoms with van der Waals surface area (Å²) in [5.41, 5.74) is 10.4. The zero-order valence-electron chi connectivity index (χ0n) is 17.7. The number of carbonyl (C=O) groups is 1. The molecule has 162 valence electrons. The number of amides is 1. The Morgan fingerprint density at radius 2 is 1.65 bits per heavy atom. The van der Waals surface area contributed by atoms with E-state index in [9.17, 15) is 9.36 Å². The van der Waals surface area contributed by atoms with Crippen LogP contribution in [0.5, 0.6) is 0 Å². The predicted octanol–water partition coefficient (Wildman–Crippen LogP) is 5.95. The molecule has 0 radical (unpaired) electrons. The molecule has 3 aromatic carbocycles. The molecule has 31 heavy (non-hydrogen) atoms. The van der Waals surface area contributed by atoms with E-state index in [1.54, 1.807) is 44.2 Å². The molecule has 0 aliphatic heterocycles. The van der Waals surface area contributed by atoms with Gasteiger partial charge in [0.05, 0.1) is 24.6 Å². The minimum absolute atomic E-state index is 0.152. The van der Waals surface area contributed by atoms with Crippen molar-refractivity contribution < 1.29 is 18.4 Å². The second-order valence-electron chi connectivity index (χ2n) is 6.94. The number of anilines is 2. The summed E-state index contributed by atoms with van der Waals surface area (Å²) in [4.78, 5) is 12.7. The maximum atomic E-state index is 12.7. The lowest BCUT2D eigenvalue weighted by molar-refractivity contribution is 0.102. The van der Waals surface area contributed by atoms with Crippen LogP contribution in [0.25, 0.3) is 11.1 Å². The molecule has 0 spiro atoms. The third-order valence-electron chi connectivity index (χ3n) is 4.77. The van der Waals surface area contributed by atoms with E-state index in [0.29, 0.717) is 29.7 Å². The zero-order valence-corrected chi connectivity index (χ0v) is 18.6. The Labute approximate surface area is 182 Å². The zero-order chi connectivity index (χ0) is 22.3. The molecular weight excluding hydrogens is 411 g/mol. The number of benzene rings is 3. The largest absolute Gasteiger partial charge is 0.397 e. The molecule has 0 saturated heterocycles. The molecule has 3 aromatic rings. The van der Waals surface area contributed by atoms with Crippen LogP contribution in [0.4, 0.5) is 11.4 Å². The van der Waals surface area contributed by atoms with Gasteiger partial charge >= 0.3 is 7.60 Å². The molecule has 0 aromatic heterocycles. The van der Waals surface area contributed by atoms with Crippen molar-refractivity contribution in [3.8, 4) is 11.1 Å². The molecule has 0 bridgehead atoms. The molecule has 0 saturated carbocycles. The summed E-state index contributed by atoms with van der Waals surface area (Å²) >= 11 is 0. The lowest BCUT2D eigenvalue weighted by atomic mass is 10.0. The van der Waals surface area contributed by atoms with Gasteiger partial charge in [0.1, 0.15) is 0 Å². The van der Waals surface area contributed by atoms with Gasteiger partial charge in [0.15, 0.2) is 0 Å². The molecular formula is C24H27N2O4P. The van der Waals surface area contributed by atoms with Crippen molar-refractivity contribution in [3.63, 3.8) is 0 Å². The average Bonchev–Trinajstić information content (AvgIpc) is 2.80. The number of hydrogen-bond donors (Lipinski definition) is 2. The SMILES string of the molecule is CCOP(=O)(CC)OCc1ccc(C(=O)Nc2cc(-c3ccccc3)ccc2N)cc1. The van der Waals surface area contributed by atoms with Crippen molar-refractivity contribution in [1.82, 2.24) is 0 Å². The van der Waals surface area contributed by atoms with E-state index in [2.05, 4.69) is 5.32 Å². The highest BCUT2D eigenvalue weighted by Crippen LogP contribution is 2.48. The van der Waals surface area contributed by atoms with Gasteiger partial charge in [0.2, 0.25) is 0 Å². The highest BCUT2D eigenvalue weighted by atomic mass is 31.2. The van der Waals surface area contributed by atoms with Crippen LogP contribution in [0.2, 0.25) is 0 Å². The lowest BCUT2D eigenvalue weighted by Gasteiger charge is -2.16. The van der Waals surface area contributed by atoms with E-state index >= 15 is 0 Å². The summed E-state index contributed by atoms with van der Waals surface area (Å²) in [5.74, 6) is -0.266. The minimum Gasteiger partial charge on any atom is -0.397 e. The Morgan fingerprint density at radius 3 is 2.29 bits per heavy atom. The number of rotatable bonds is 9. The third kappa shape index (κ3) is 6.05. The Bertz CT molecular complexity index is 1070. The van der Waals surface area contributed by atoms with Crippen molar-refractivity contribution >= 4 is 24.9 Å². The van der Waals surface area contributed by atoms with Crippen LogP contribution in [0.3, 0.4) is 0 Å². The summed E-state index contributed by atoms with van der Waals surface area (Å²) in [6, 6.07) is 22.4. The van der Waals surface area contributed by atoms with Gasteiger partial charge in [-0.3, -0.25) is 9.36 Å². The van der Waals surface area contributed by atoms with Gasteiger partial charge in [0.25, 0.3) is 5.91 Å². The molecule has 0 heterocycles. The highest BCUT2D eigenvalue weighted by Gasteiger charge is 2.21. The first-order valence-corrected chi connectivity index (χ1v) is 11.9. The Morgan fingerprint density at radius 1 is 0.935 bits per heavy atom. The Hall–Kier alpha value is -2.92. The molecule has 0 aliphatic rings. The van der Waals surface area contributed by atoms with Crippen LogP contribution in [0, 0.1) is 0 Å². The van der Waals surface area contributed by atoms with Crippen molar-refractivity contribution in [2.24, 2.45) is 0 Å². The van der Waals surface area contributed by atoms with Crippen LogP contribution in [0.1, 0.15) is 29.8 Å². The molecule has 3 N–H and O–H groups in total. The fraction of sp³-hybridized carbons (Fsp3) is 0.208. The van der Waals surface area contributed by atoms with Crippen LogP contribution in [0.15, 0.2) is 72.8 Å². The van der Waals surface area contributed by atoms with Crippen LogP contribution >= 0.6 is 7.60 Å². The van der Waals surface area contributed by atoms with E-state index in [0.717, 1.165) is 16.7 Å². The van der Waals surface area contributed by atoms with Crippen LogP contribution in [-0.2, 0) is 20.2 Å². The summed E-state index contributed by atoms with van der Waals surface area (Å²) in [6.45, 7) is 4.03. The third-order valence-corrected chi connectivity index (χ3v) is 6.71. The van der Waals surface area contributed by atoms with E-state index in [4.69, 9.17) is 14.8 Å². The van der Waals surface area contributed by atoms with Crippen LogP contribution < -0.4 is 11.1 Å². The fourth-order valence-electron chi connectivity index (χ4n) is 3.01. The molecule has 0 aliphatic carbocycles. The van der Waals surface area contributed by atoms with Crippen LogP contribution in [-0.4, -0.2) is 18.7 Å². The van der Waals surface area contributed by atoms with E-state index in [-0.39, 0.29) is 12.5 Å². The average molecular weight is 438 g/mol. The Kier molecular flexibility index (Phi) is 7.64. The number of carbonyl (C=O) groups excluding carboxylic acids is 1. The van der Waals surface area contributed by atoms with E-state index in [1.165, 1.54) is 0 Å². The number of nitrogens with two attached hydrogens (primary N) is 1. The van der Waals surface area contributed by atoms with Gasteiger partial charge in [-0.1, -0.05) is 55.5 Å². The summed E-state index contributed by atoms with van der Waals surface area (Å²) in [7, 11) is -3.07. The van der Waals surface area contributed by atoms with Gasteiger partial charge in [-0.15, -0.1) is 0 Å². The van der Waals surface area contributed by atoms with E-state index < -0.39 is 7.60 Å². The van der Waals surface area contributed by atoms with Gasteiger partial charge in [-0.25, -0.2) is 0 Å². The number of nitrogens with one attached hydrogen (secondary N) is 1. The fourth-order valence-corrected chi connectivity index (χ4v) is 4.19. The van der Waals surface area contributed by atoms with Crippen molar-refractivity contribution in [2.75, 3.05) is 23.8 Å². The first kappa shape index (κ1) is 22.8. The molecule has 1 atom stereocenters. The van der Waals surface area contributed by atoms with Gasteiger partial charge in [-0.05, 0) is 47.9 Å². The molecule has 0 fully saturated rings. The van der Waals surface area contributed by atoms with Gasteiger partial charge in [0, 0.05) is 11.7 Å². The number of nitrogen functional groups attached to an aromatic ring is 1. The van der Waals surface area contributed by atoms with E-state index in [1.807, 2.05) is 42.5 Å². The monoisotopic (exact) mass is 438 g/mol. The topological polar surface area (TPSA) is 90.6 Å². The summed E-state index contributed by atoms with van der Waals surface area (Å²) in [5, 5.41) is 2.88. The first-order chi connectivity index (χ1) is 14.9. The summed E-state index contributed by atoms with van der Waals surface area (Å²) in [6.07, 6.45) is 0.310. The summed E-state index contributed by atoms with van der Waals surface area (Å²) < 4.78 is 23.1. The Balaban J connectivity index is 1.68. The number of hydrogen-bond acceptors (Lipinski definition) is 5. The predicted molar refractivity (Wildman–Crippen MR) is 125 cm³/mol. The van der Waals surface area contributed by atoms with Gasteiger partial charge in [-0.2, -0.15) is 0 Å². The second kappa shape index (κ2) is 10.4. The minimum atomic E-state index is -3.07. The maximum absolute atomic E-state index is 12.7. The lowest BCUT2D eigenvalue weighted by Crippen LogP contribution is -2.13. The van der Waals surface area contributed by atoms with Crippen molar-refractivity contribution in [1.29, 1.82) is 0 Å². The van der Waals surface area contributed by atoms with Gasteiger partial charge < -0.3 is 20.1 Å². The standard InChI is InChI=1S/C24H27N2O4P/c1-3-29-31(28,4-2)30-17-18-10-12-20(13-11-18)24(27)26-23-16-21(14-15-22(23)25)19-8-6-5-7-9-19/h5-16H,3-4,17,25H2,1-2H3,(H,26,27). The maximum Gasteiger partial charge on any atom is 0.330 e. The first-order valence-electron chi connectivity index (χ1n) is 10.2. The second-order valence-corrected chi connectivity index (χ2v) is 9.31. The molecule has 1 amide bonds. The molecule has 3 rings (SSSR count). The smallest absolute Gasteiger partial charge is 0.330 e. The highest BCUT2D eigenvalue weighted by molar-refractivity contribution is 7.53. The molecule has 7 heteroatoms. The molecule has 6 nitrogen and oxygen atoms in total.